The van der Waals surface area contributed by atoms with Crippen molar-refractivity contribution in [3.63, 3.8) is 0 Å². The summed E-state index contributed by atoms with van der Waals surface area (Å²) >= 11 is 0. The molecular formula is C22H25N7O4. The number of anilines is 1. The van der Waals surface area contributed by atoms with E-state index in [1.54, 1.807) is 32.2 Å². The van der Waals surface area contributed by atoms with Gasteiger partial charge in [0.05, 0.1) is 18.9 Å². The molecule has 0 spiro atoms. The highest BCUT2D eigenvalue weighted by Crippen LogP contribution is 2.20. The third-order valence-electron chi connectivity index (χ3n) is 5.00. The quantitative estimate of drug-likeness (QED) is 0.427. The smallest absolute Gasteiger partial charge is 0.285 e. The Hall–Kier alpha value is -3.70. The number of pyridine rings is 1. The van der Waals surface area contributed by atoms with Crippen molar-refractivity contribution >= 4 is 17.4 Å². The Bertz CT molecular complexity index is 1110. The van der Waals surface area contributed by atoms with Gasteiger partial charge < -0.3 is 19.6 Å². The first-order valence-corrected chi connectivity index (χ1v) is 10.6. The first-order valence-electron chi connectivity index (χ1n) is 10.6. The van der Waals surface area contributed by atoms with Gasteiger partial charge in [0.25, 0.3) is 5.91 Å². The van der Waals surface area contributed by atoms with Crippen LogP contribution in [-0.4, -0.2) is 55.8 Å². The van der Waals surface area contributed by atoms with Crippen LogP contribution in [0.15, 0.2) is 53.7 Å². The SMILES string of the molecule is Cn1nnnc1/C(=N\OCc1cccc(NC(=O)C2(C)OCCCCO2)n1)c1ccccc1. The summed E-state index contributed by atoms with van der Waals surface area (Å²) in [6, 6.07) is 14.7. The van der Waals surface area contributed by atoms with E-state index in [1.807, 2.05) is 30.3 Å². The highest BCUT2D eigenvalue weighted by Gasteiger charge is 2.37. The minimum atomic E-state index is -1.34. The zero-order valence-electron chi connectivity index (χ0n) is 18.5. The van der Waals surface area contributed by atoms with Gasteiger partial charge in [0.2, 0.25) is 11.6 Å². The summed E-state index contributed by atoms with van der Waals surface area (Å²) < 4.78 is 12.7. The minimum Gasteiger partial charge on any atom is -0.389 e. The lowest BCUT2D eigenvalue weighted by Gasteiger charge is -2.26. The molecule has 0 atom stereocenters. The van der Waals surface area contributed by atoms with Crippen LogP contribution in [0.1, 0.15) is 36.8 Å². The zero-order chi connectivity index (χ0) is 23.1. The Morgan fingerprint density at radius 2 is 1.91 bits per heavy atom. The van der Waals surface area contributed by atoms with E-state index in [1.165, 1.54) is 4.68 Å². The lowest BCUT2D eigenvalue weighted by molar-refractivity contribution is -0.208. The maximum absolute atomic E-state index is 12.7. The Kier molecular flexibility index (Phi) is 7.01. The molecule has 0 radical (unpaired) electrons. The highest BCUT2D eigenvalue weighted by atomic mass is 16.7. The van der Waals surface area contributed by atoms with Gasteiger partial charge in [-0.1, -0.05) is 41.6 Å². The van der Waals surface area contributed by atoms with Crippen LogP contribution in [0, 0.1) is 0 Å². The largest absolute Gasteiger partial charge is 0.389 e. The van der Waals surface area contributed by atoms with E-state index in [0.29, 0.717) is 36.3 Å². The van der Waals surface area contributed by atoms with E-state index in [4.69, 9.17) is 14.3 Å². The van der Waals surface area contributed by atoms with E-state index in [9.17, 15) is 4.79 Å². The standard InChI is InChI=1S/C22H25N7O4/c1-22(31-13-6-7-14-32-22)21(30)24-18-12-8-11-17(23-18)15-33-26-19(16-9-4-3-5-10-16)20-25-27-28-29(20)2/h3-5,8-12H,6-7,13-15H2,1-2H3,(H,23,24,30)/b26-19-. The lowest BCUT2D eigenvalue weighted by Crippen LogP contribution is -2.45. The van der Waals surface area contributed by atoms with Gasteiger partial charge in [-0.15, -0.1) is 5.10 Å². The Morgan fingerprint density at radius 1 is 1.15 bits per heavy atom. The number of benzene rings is 1. The number of hydrogen-bond donors (Lipinski definition) is 1. The van der Waals surface area contributed by atoms with Crippen LogP contribution < -0.4 is 5.32 Å². The number of carbonyl (C=O) groups is 1. The lowest BCUT2D eigenvalue weighted by atomic mass is 10.1. The van der Waals surface area contributed by atoms with Crippen LogP contribution >= 0.6 is 0 Å². The molecule has 1 aliphatic rings. The topological polar surface area (TPSA) is 126 Å². The molecule has 1 saturated heterocycles. The number of aromatic nitrogens is 5. The molecule has 1 fully saturated rings. The van der Waals surface area contributed by atoms with Crippen LogP contribution in [0.2, 0.25) is 0 Å². The predicted molar refractivity (Wildman–Crippen MR) is 118 cm³/mol. The second-order valence-corrected chi connectivity index (χ2v) is 7.52. The molecule has 4 rings (SSSR count). The van der Waals surface area contributed by atoms with Crippen molar-refractivity contribution in [2.45, 2.75) is 32.2 Å². The molecule has 11 heteroatoms. The molecule has 172 valence electrons. The molecular weight excluding hydrogens is 426 g/mol. The van der Waals surface area contributed by atoms with Gasteiger partial charge in [0.15, 0.2) is 12.3 Å². The Balaban J connectivity index is 1.45. The number of oxime groups is 1. The van der Waals surface area contributed by atoms with Crippen molar-refractivity contribution in [3.8, 4) is 0 Å². The molecule has 3 heterocycles. The number of tetrazole rings is 1. The van der Waals surface area contributed by atoms with Crippen molar-refractivity contribution in [1.29, 1.82) is 0 Å². The fourth-order valence-electron chi connectivity index (χ4n) is 3.18. The van der Waals surface area contributed by atoms with Gasteiger partial charge in [-0.2, -0.15) is 0 Å². The fraction of sp³-hybridized carbons (Fsp3) is 0.364. The third kappa shape index (κ3) is 5.57. The summed E-state index contributed by atoms with van der Waals surface area (Å²) in [4.78, 5) is 22.7. The molecule has 3 aromatic rings. The molecule has 1 N–H and O–H groups in total. The van der Waals surface area contributed by atoms with E-state index >= 15 is 0 Å². The number of nitrogens with one attached hydrogen (secondary N) is 1. The van der Waals surface area contributed by atoms with Gasteiger partial charge in [0.1, 0.15) is 5.82 Å². The number of nitrogens with zero attached hydrogens (tertiary/aromatic N) is 6. The first kappa shape index (κ1) is 22.5. The normalized spacial score (nSPS) is 16.1. The predicted octanol–water partition coefficient (Wildman–Crippen LogP) is 2.06. The van der Waals surface area contributed by atoms with E-state index in [2.05, 4.69) is 31.0 Å². The van der Waals surface area contributed by atoms with Crippen LogP contribution in [0.3, 0.4) is 0 Å². The summed E-state index contributed by atoms with van der Waals surface area (Å²) in [6.45, 7) is 2.62. The molecule has 0 bridgehead atoms. The molecule has 2 aromatic heterocycles. The monoisotopic (exact) mass is 451 g/mol. The summed E-state index contributed by atoms with van der Waals surface area (Å²) in [7, 11) is 1.73. The maximum atomic E-state index is 12.7. The van der Waals surface area contributed by atoms with Crippen LogP contribution in [-0.2, 0) is 32.8 Å². The number of amides is 1. The molecule has 1 aliphatic heterocycles. The second kappa shape index (κ2) is 10.3. The minimum absolute atomic E-state index is 0.0790. The van der Waals surface area contributed by atoms with Crippen molar-refractivity contribution in [2.24, 2.45) is 12.2 Å². The molecule has 0 unspecified atom stereocenters. The highest BCUT2D eigenvalue weighted by molar-refractivity contribution is 6.10. The Morgan fingerprint density at radius 3 is 2.61 bits per heavy atom. The van der Waals surface area contributed by atoms with Gasteiger partial charge in [-0.25, -0.2) is 9.67 Å². The third-order valence-corrected chi connectivity index (χ3v) is 5.00. The Labute approximate surface area is 190 Å². The maximum Gasteiger partial charge on any atom is 0.285 e. The molecule has 1 aromatic carbocycles. The average Bonchev–Trinajstić information content (AvgIpc) is 3.11. The number of rotatable bonds is 7. The van der Waals surface area contributed by atoms with Crippen molar-refractivity contribution < 1.29 is 19.1 Å². The number of aryl methyl sites for hydroxylation is 1. The van der Waals surface area contributed by atoms with E-state index < -0.39 is 11.7 Å². The molecule has 11 nitrogen and oxygen atoms in total. The van der Waals surface area contributed by atoms with Crippen LogP contribution in [0.5, 0.6) is 0 Å². The van der Waals surface area contributed by atoms with Crippen LogP contribution in [0.25, 0.3) is 0 Å². The summed E-state index contributed by atoms with van der Waals surface area (Å²) in [6.07, 6.45) is 1.70. The molecule has 1 amide bonds. The molecule has 33 heavy (non-hydrogen) atoms. The van der Waals surface area contributed by atoms with Crippen molar-refractivity contribution in [1.82, 2.24) is 25.2 Å². The van der Waals surface area contributed by atoms with Gasteiger partial charge >= 0.3 is 0 Å². The average molecular weight is 451 g/mol. The number of carbonyl (C=O) groups excluding carboxylic acids is 1. The number of hydrogen-bond acceptors (Lipinski definition) is 9. The summed E-state index contributed by atoms with van der Waals surface area (Å²) in [5.74, 6) is -0.923. The van der Waals surface area contributed by atoms with Crippen molar-refractivity contribution in [3.05, 3.63) is 65.6 Å². The van der Waals surface area contributed by atoms with Gasteiger partial charge in [-0.3, -0.25) is 4.79 Å². The second-order valence-electron chi connectivity index (χ2n) is 7.52. The summed E-state index contributed by atoms with van der Waals surface area (Å²) in [5.41, 5.74) is 1.87. The molecule has 0 aliphatic carbocycles. The van der Waals surface area contributed by atoms with E-state index in [0.717, 1.165) is 18.4 Å². The van der Waals surface area contributed by atoms with Gasteiger partial charge in [0, 0.05) is 12.6 Å². The van der Waals surface area contributed by atoms with Gasteiger partial charge in [-0.05, 0) is 42.3 Å². The molecule has 0 saturated carbocycles. The van der Waals surface area contributed by atoms with E-state index in [-0.39, 0.29) is 6.61 Å². The fourth-order valence-corrected chi connectivity index (χ4v) is 3.18. The number of ether oxygens (including phenoxy) is 2. The summed E-state index contributed by atoms with van der Waals surface area (Å²) in [5, 5.41) is 18.6. The first-order chi connectivity index (χ1) is 16.0. The van der Waals surface area contributed by atoms with Crippen molar-refractivity contribution in [2.75, 3.05) is 18.5 Å². The van der Waals surface area contributed by atoms with Crippen LogP contribution in [0.4, 0.5) is 5.82 Å². The zero-order valence-corrected chi connectivity index (χ0v) is 18.5.